The summed E-state index contributed by atoms with van der Waals surface area (Å²) in [6.07, 6.45) is 8.48. The number of nitrogens with one attached hydrogen (secondary N) is 1. The molecule has 120 valence electrons. The number of rotatable bonds is 4. The van der Waals surface area contributed by atoms with Crippen molar-refractivity contribution in [1.29, 1.82) is 0 Å². The molecular formula is C18H21N3O2. The molecule has 2 aliphatic rings. The first-order valence-electron chi connectivity index (χ1n) is 8.37. The molecule has 1 amide bonds. The highest BCUT2D eigenvalue weighted by molar-refractivity contribution is 5.94. The molecule has 1 aliphatic carbocycles. The van der Waals surface area contributed by atoms with Gasteiger partial charge in [0.1, 0.15) is 12.4 Å². The van der Waals surface area contributed by atoms with Gasteiger partial charge in [-0.2, -0.15) is 5.10 Å². The van der Waals surface area contributed by atoms with Crippen LogP contribution in [0.2, 0.25) is 0 Å². The van der Waals surface area contributed by atoms with Crippen LogP contribution in [0, 0.1) is 0 Å². The van der Waals surface area contributed by atoms with Gasteiger partial charge in [0.25, 0.3) is 0 Å². The van der Waals surface area contributed by atoms with Crippen LogP contribution in [-0.4, -0.2) is 15.7 Å². The highest BCUT2D eigenvalue weighted by Gasteiger charge is 2.18. The van der Waals surface area contributed by atoms with Gasteiger partial charge in [0.2, 0.25) is 5.91 Å². The molecule has 0 atom stereocenters. The van der Waals surface area contributed by atoms with Crippen LogP contribution < -0.4 is 10.1 Å². The summed E-state index contributed by atoms with van der Waals surface area (Å²) in [5.74, 6) is 0.839. The van der Waals surface area contributed by atoms with E-state index in [1.165, 1.54) is 31.2 Å². The molecule has 5 nitrogen and oxygen atoms in total. The fraction of sp³-hybridized carbons (Fsp3) is 0.444. The third-order valence-electron chi connectivity index (χ3n) is 4.73. The molecule has 0 radical (unpaired) electrons. The second-order valence-electron chi connectivity index (χ2n) is 6.38. The first-order chi connectivity index (χ1) is 11.3. The third kappa shape index (κ3) is 3.09. The monoisotopic (exact) mass is 311 g/mol. The van der Waals surface area contributed by atoms with E-state index in [0.717, 1.165) is 23.6 Å². The number of nitrogens with zero attached hydrogens (tertiary/aromatic N) is 2. The van der Waals surface area contributed by atoms with E-state index in [0.29, 0.717) is 19.1 Å². The highest BCUT2D eigenvalue weighted by Crippen LogP contribution is 2.29. The molecule has 1 saturated carbocycles. The molecule has 0 saturated heterocycles. The molecule has 5 heteroatoms. The summed E-state index contributed by atoms with van der Waals surface area (Å²) in [5, 5.41) is 7.53. The maximum Gasteiger partial charge on any atom is 0.224 e. The lowest BCUT2D eigenvalue weighted by molar-refractivity contribution is -0.116. The average Bonchev–Trinajstić information content (AvgIpc) is 3.23. The van der Waals surface area contributed by atoms with E-state index in [9.17, 15) is 4.79 Å². The molecule has 1 fully saturated rings. The second kappa shape index (κ2) is 6.07. The minimum atomic E-state index is 0.0740. The van der Waals surface area contributed by atoms with E-state index in [2.05, 4.69) is 21.3 Å². The van der Waals surface area contributed by atoms with Crippen molar-refractivity contribution in [2.75, 3.05) is 5.32 Å². The maximum absolute atomic E-state index is 11.5. The lowest BCUT2D eigenvalue weighted by Crippen LogP contribution is -2.18. The van der Waals surface area contributed by atoms with E-state index < -0.39 is 0 Å². The molecule has 2 heterocycles. The molecule has 1 N–H and O–H groups in total. The number of fused-ring (bicyclic) bond motifs is 1. The number of carbonyl (C=O) groups excluding carboxylic acids is 1. The van der Waals surface area contributed by atoms with Gasteiger partial charge in [0, 0.05) is 24.4 Å². The molecule has 4 rings (SSSR count). The van der Waals surface area contributed by atoms with Gasteiger partial charge in [-0.25, -0.2) is 0 Å². The van der Waals surface area contributed by atoms with Crippen LogP contribution in [0.4, 0.5) is 5.69 Å². The van der Waals surface area contributed by atoms with Gasteiger partial charge in [-0.3, -0.25) is 9.48 Å². The molecule has 1 aromatic heterocycles. The summed E-state index contributed by atoms with van der Waals surface area (Å²) < 4.78 is 7.92. The highest BCUT2D eigenvalue weighted by atomic mass is 16.5. The van der Waals surface area contributed by atoms with Crippen LogP contribution >= 0.6 is 0 Å². The number of carbonyl (C=O) groups is 1. The van der Waals surface area contributed by atoms with E-state index in [-0.39, 0.29) is 5.91 Å². The summed E-state index contributed by atoms with van der Waals surface area (Å²) >= 11 is 0. The Hall–Kier alpha value is -2.30. The molecular weight excluding hydrogens is 290 g/mol. The van der Waals surface area contributed by atoms with Crippen LogP contribution in [0.25, 0.3) is 0 Å². The maximum atomic E-state index is 11.5. The molecule has 23 heavy (non-hydrogen) atoms. The standard InChI is InChI=1S/C18H21N3O2/c22-18-8-6-13-5-7-16(11-17(13)19-18)23-12-14-9-10-21(20-14)15-3-1-2-4-15/h5,7,9-11,15H,1-4,6,8,12H2,(H,19,22). The van der Waals surface area contributed by atoms with Crippen LogP contribution in [0.1, 0.15) is 49.4 Å². The Labute approximate surface area is 135 Å². The van der Waals surface area contributed by atoms with Gasteiger partial charge in [-0.05, 0) is 37.0 Å². The number of hydrogen-bond donors (Lipinski definition) is 1. The summed E-state index contributed by atoms with van der Waals surface area (Å²) in [4.78, 5) is 11.5. The normalized spacial score (nSPS) is 17.8. The molecule has 0 unspecified atom stereocenters. The first kappa shape index (κ1) is 14.3. The Bertz CT molecular complexity index is 717. The number of aryl methyl sites for hydroxylation is 1. The van der Waals surface area contributed by atoms with Crippen LogP contribution in [-0.2, 0) is 17.8 Å². The number of aromatic nitrogens is 2. The first-order valence-corrected chi connectivity index (χ1v) is 8.37. The summed E-state index contributed by atoms with van der Waals surface area (Å²) in [7, 11) is 0. The number of hydrogen-bond acceptors (Lipinski definition) is 3. The van der Waals surface area contributed by atoms with E-state index in [4.69, 9.17) is 4.74 Å². The van der Waals surface area contributed by atoms with Crippen molar-refractivity contribution in [2.45, 2.75) is 51.2 Å². The van der Waals surface area contributed by atoms with Crippen molar-refractivity contribution in [3.05, 3.63) is 41.7 Å². The number of benzene rings is 1. The zero-order valence-electron chi connectivity index (χ0n) is 13.1. The Morgan fingerprint density at radius 3 is 2.96 bits per heavy atom. The second-order valence-corrected chi connectivity index (χ2v) is 6.38. The molecule has 1 aliphatic heterocycles. The quantitative estimate of drug-likeness (QED) is 0.940. The van der Waals surface area contributed by atoms with Gasteiger partial charge in [-0.1, -0.05) is 18.9 Å². The fourth-order valence-electron chi connectivity index (χ4n) is 3.42. The summed E-state index contributed by atoms with van der Waals surface area (Å²) in [6.45, 7) is 0.451. The zero-order valence-corrected chi connectivity index (χ0v) is 13.1. The van der Waals surface area contributed by atoms with Gasteiger partial charge >= 0.3 is 0 Å². The predicted molar refractivity (Wildman–Crippen MR) is 87.5 cm³/mol. The van der Waals surface area contributed by atoms with Gasteiger partial charge in [-0.15, -0.1) is 0 Å². The van der Waals surface area contributed by atoms with Crippen molar-refractivity contribution in [3.8, 4) is 5.75 Å². The SMILES string of the molecule is O=C1CCc2ccc(OCc3ccn(C4CCCC4)n3)cc2N1. The number of anilines is 1. The van der Waals surface area contributed by atoms with Crippen LogP contribution in [0.3, 0.4) is 0 Å². The van der Waals surface area contributed by atoms with Crippen LogP contribution in [0.15, 0.2) is 30.5 Å². The van der Waals surface area contributed by atoms with E-state index >= 15 is 0 Å². The predicted octanol–water partition coefficient (Wildman–Crippen LogP) is 3.46. The molecule has 1 aromatic carbocycles. The number of amides is 1. The molecule has 2 aromatic rings. The van der Waals surface area contributed by atoms with E-state index in [1.807, 2.05) is 24.3 Å². The third-order valence-corrected chi connectivity index (χ3v) is 4.73. The van der Waals surface area contributed by atoms with Crippen molar-refractivity contribution in [1.82, 2.24) is 9.78 Å². The van der Waals surface area contributed by atoms with Gasteiger partial charge in [0.15, 0.2) is 0 Å². The zero-order chi connectivity index (χ0) is 15.6. The molecule has 0 spiro atoms. The lowest BCUT2D eigenvalue weighted by Gasteiger charge is -2.17. The Balaban J connectivity index is 1.41. The largest absolute Gasteiger partial charge is 0.487 e. The van der Waals surface area contributed by atoms with Crippen LogP contribution in [0.5, 0.6) is 5.75 Å². The van der Waals surface area contributed by atoms with Crippen molar-refractivity contribution >= 4 is 11.6 Å². The number of ether oxygens (including phenoxy) is 1. The minimum Gasteiger partial charge on any atom is -0.487 e. The lowest BCUT2D eigenvalue weighted by atomic mass is 10.0. The van der Waals surface area contributed by atoms with Crippen molar-refractivity contribution < 1.29 is 9.53 Å². The Kier molecular flexibility index (Phi) is 3.77. The molecule has 0 bridgehead atoms. The summed E-state index contributed by atoms with van der Waals surface area (Å²) in [5.41, 5.74) is 2.98. The Morgan fingerprint density at radius 2 is 2.09 bits per heavy atom. The van der Waals surface area contributed by atoms with Crippen molar-refractivity contribution in [2.24, 2.45) is 0 Å². The average molecular weight is 311 g/mol. The topological polar surface area (TPSA) is 56.2 Å². The minimum absolute atomic E-state index is 0.0740. The van der Waals surface area contributed by atoms with Crippen molar-refractivity contribution in [3.63, 3.8) is 0 Å². The smallest absolute Gasteiger partial charge is 0.224 e. The van der Waals surface area contributed by atoms with Gasteiger partial charge in [0.05, 0.1) is 11.7 Å². The van der Waals surface area contributed by atoms with E-state index in [1.54, 1.807) is 0 Å². The van der Waals surface area contributed by atoms with Gasteiger partial charge < -0.3 is 10.1 Å². The Morgan fingerprint density at radius 1 is 1.22 bits per heavy atom. The fourth-order valence-corrected chi connectivity index (χ4v) is 3.42. The summed E-state index contributed by atoms with van der Waals surface area (Å²) in [6, 6.07) is 8.48.